The zero-order valence-corrected chi connectivity index (χ0v) is 10.2. The molecule has 0 radical (unpaired) electrons. The highest BCUT2D eigenvalue weighted by atomic mass is 16.5. The second-order valence-electron chi connectivity index (χ2n) is 3.85. The van der Waals surface area contributed by atoms with Gasteiger partial charge in [-0.3, -0.25) is 4.79 Å². The van der Waals surface area contributed by atoms with Gasteiger partial charge in [-0.05, 0) is 40.0 Å². The molecular formula is C13H22O2. The van der Waals surface area contributed by atoms with E-state index in [0.717, 1.165) is 18.4 Å². The van der Waals surface area contributed by atoms with Gasteiger partial charge in [-0.1, -0.05) is 23.3 Å². The fourth-order valence-corrected chi connectivity index (χ4v) is 1.15. The number of ether oxygens (including phenoxy) is 1. The average molecular weight is 211 g/mol. The van der Waals surface area contributed by atoms with E-state index in [9.17, 15) is 4.79 Å². The molecule has 0 aromatic rings. The molecule has 0 aliphatic carbocycles. The molecule has 86 valence electrons. The number of allylic oxidation sites excluding steroid dienone is 4. The van der Waals surface area contributed by atoms with Crippen molar-refractivity contribution in [2.24, 2.45) is 0 Å². The third kappa shape index (κ3) is 9.26. The van der Waals surface area contributed by atoms with Gasteiger partial charge in [-0.25, -0.2) is 0 Å². The second-order valence-corrected chi connectivity index (χ2v) is 3.85. The number of carbonyl (C=O) groups is 1. The summed E-state index contributed by atoms with van der Waals surface area (Å²) in [5, 5.41) is 0. The first-order valence-corrected chi connectivity index (χ1v) is 5.32. The van der Waals surface area contributed by atoms with Crippen LogP contribution >= 0.6 is 0 Å². The van der Waals surface area contributed by atoms with E-state index in [4.69, 9.17) is 1.37 Å². The number of carbonyl (C=O) groups excluding carboxylic acids is 1. The highest BCUT2D eigenvalue weighted by Crippen LogP contribution is 2.08. The Morgan fingerprint density at radius 1 is 1.27 bits per heavy atom. The molecule has 0 rings (SSSR count). The lowest BCUT2D eigenvalue weighted by Gasteiger charge is -1.99. The zero-order chi connectivity index (χ0) is 12.6. The van der Waals surface area contributed by atoms with E-state index in [1.165, 1.54) is 12.7 Å². The Bertz CT molecular complexity index is 286. The van der Waals surface area contributed by atoms with Gasteiger partial charge < -0.3 is 4.74 Å². The van der Waals surface area contributed by atoms with Crippen LogP contribution in [0.4, 0.5) is 0 Å². The van der Waals surface area contributed by atoms with Crippen LogP contribution < -0.4 is 0 Å². The molecule has 0 bridgehead atoms. The molecule has 0 N–H and O–H groups in total. The van der Waals surface area contributed by atoms with Crippen LogP contribution in [-0.4, -0.2) is 13.1 Å². The molecule has 0 aromatic heterocycles. The summed E-state index contributed by atoms with van der Waals surface area (Å²) < 4.78 is 12.3. The lowest BCUT2D eigenvalue weighted by atomic mass is 10.1. The highest BCUT2D eigenvalue weighted by Gasteiger charge is 1.97. The van der Waals surface area contributed by atoms with Crippen LogP contribution in [0.2, 0.25) is 0 Å². The molecule has 2 nitrogen and oxygen atoms in total. The Balaban J connectivity index is 4.05. The number of hydrogen-bond donors (Lipinski definition) is 0. The van der Waals surface area contributed by atoms with Gasteiger partial charge in [0.25, 0.3) is 0 Å². The van der Waals surface area contributed by atoms with Gasteiger partial charge in [0.05, 0.1) is 8.48 Å². The normalized spacial score (nSPS) is 12.7. The highest BCUT2D eigenvalue weighted by molar-refractivity contribution is 5.69. The first-order valence-electron chi connectivity index (χ1n) is 5.82. The number of rotatable bonds is 6. The second kappa shape index (κ2) is 8.27. The largest absolute Gasteiger partial charge is 0.469 e. The Hall–Kier alpha value is -1.05. The smallest absolute Gasteiger partial charge is 0.305 e. The van der Waals surface area contributed by atoms with Gasteiger partial charge in [0.2, 0.25) is 0 Å². The lowest BCUT2D eigenvalue weighted by molar-refractivity contribution is -0.140. The first kappa shape index (κ1) is 12.0. The summed E-state index contributed by atoms with van der Waals surface area (Å²) in [5.74, 6) is -0.248. The van der Waals surface area contributed by atoms with Crippen LogP contribution in [0.5, 0.6) is 0 Å². The van der Waals surface area contributed by atoms with Crippen LogP contribution in [0.25, 0.3) is 0 Å². The molecule has 0 fully saturated rings. The molecule has 2 heteroatoms. The maximum Gasteiger partial charge on any atom is 0.305 e. The van der Waals surface area contributed by atoms with Crippen molar-refractivity contribution in [2.45, 2.75) is 46.5 Å². The van der Waals surface area contributed by atoms with Gasteiger partial charge >= 0.3 is 5.97 Å². The summed E-state index contributed by atoms with van der Waals surface area (Å²) in [6, 6.07) is 0.563. The van der Waals surface area contributed by atoms with Crippen LogP contribution in [0, 0.1) is 0 Å². The van der Waals surface area contributed by atoms with Gasteiger partial charge in [0, 0.05) is 6.42 Å². The fourth-order valence-electron chi connectivity index (χ4n) is 1.15. The molecule has 0 spiro atoms. The summed E-state index contributed by atoms with van der Waals surface area (Å²) >= 11 is 0. The predicted octanol–water partition coefficient (Wildman–Crippen LogP) is 3.63. The topological polar surface area (TPSA) is 26.3 Å². The van der Waals surface area contributed by atoms with E-state index in [-0.39, 0.29) is 5.97 Å². The minimum absolute atomic E-state index is 0.248. The van der Waals surface area contributed by atoms with E-state index in [1.807, 2.05) is 6.92 Å². The third-order valence-corrected chi connectivity index (χ3v) is 2.06. The van der Waals surface area contributed by atoms with E-state index < -0.39 is 0 Å². The lowest BCUT2D eigenvalue weighted by Crippen LogP contribution is -1.98. The Labute approximate surface area is 94.4 Å². The summed E-state index contributed by atoms with van der Waals surface area (Å²) in [4.78, 5) is 10.9. The van der Waals surface area contributed by atoms with Crippen LogP contribution in [0.3, 0.4) is 0 Å². The molecule has 0 saturated carbocycles. The van der Waals surface area contributed by atoms with Gasteiger partial charge in [0.1, 0.15) is 0 Å². The monoisotopic (exact) mass is 211 g/mol. The fraction of sp³-hybridized carbons (Fsp3) is 0.615. The molecule has 0 amide bonds. The molecule has 0 aliphatic rings. The zero-order valence-electron chi connectivity index (χ0n) is 11.2. The van der Waals surface area contributed by atoms with Crippen molar-refractivity contribution in [1.29, 1.82) is 0 Å². The Kier molecular flexibility index (Phi) is 6.63. The van der Waals surface area contributed by atoms with Crippen molar-refractivity contribution in [3.63, 3.8) is 0 Å². The molecule has 0 aromatic carbocycles. The third-order valence-electron chi connectivity index (χ3n) is 2.06. The summed E-state index contributed by atoms with van der Waals surface area (Å²) in [5.41, 5.74) is 2.36. The Morgan fingerprint density at radius 3 is 2.47 bits per heavy atom. The van der Waals surface area contributed by atoms with Crippen molar-refractivity contribution < 1.29 is 10.9 Å². The van der Waals surface area contributed by atoms with Crippen molar-refractivity contribution in [3.8, 4) is 0 Å². The molecule has 0 unspecified atom stereocenters. The maximum absolute atomic E-state index is 10.9. The first-order chi connectivity index (χ1) is 7.47. The summed E-state index contributed by atoms with van der Waals surface area (Å²) in [7, 11) is 1.37. The number of esters is 1. The van der Waals surface area contributed by atoms with Crippen molar-refractivity contribution >= 4 is 5.97 Å². The van der Waals surface area contributed by atoms with E-state index in [1.54, 1.807) is 0 Å². The van der Waals surface area contributed by atoms with Crippen LogP contribution in [0.1, 0.15) is 47.8 Å². The minimum Gasteiger partial charge on any atom is -0.469 e. The standard InChI is InChI=1S/C13H22O2/c1-11(2)7-5-8-12(3)9-6-10-13(14)15-4/h7,9H,5-6,8,10H2,1-4H3/b12-9+/i9D. The molecule has 0 atom stereocenters. The van der Waals surface area contributed by atoms with Crippen molar-refractivity contribution in [3.05, 3.63) is 23.3 Å². The number of hydrogen-bond acceptors (Lipinski definition) is 2. The maximum atomic E-state index is 10.9. The SMILES string of the molecule is [2H]/C(CCC(=O)OC)=C(/C)CCC=C(C)C. The molecule has 0 heterocycles. The quantitative estimate of drug-likeness (QED) is 0.495. The van der Waals surface area contributed by atoms with Gasteiger partial charge in [-0.15, -0.1) is 0 Å². The van der Waals surface area contributed by atoms with Crippen LogP contribution in [-0.2, 0) is 9.53 Å². The van der Waals surface area contributed by atoms with Gasteiger partial charge in [0.15, 0.2) is 0 Å². The average Bonchev–Trinajstić information content (AvgIpc) is 2.24. The van der Waals surface area contributed by atoms with E-state index >= 15 is 0 Å². The minimum atomic E-state index is -0.248. The Morgan fingerprint density at radius 2 is 1.93 bits per heavy atom. The van der Waals surface area contributed by atoms with Crippen molar-refractivity contribution in [2.75, 3.05) is 7.11 Å². The van der Waals surface area contributed by atoms with E-state index in [0.29, 0.717) is 18.9 Å². The molecule has 0 saturated heterocycles. The summed E-state index contributed by atoms with van der Waals surface area (Å²) in [6.07, 6.45) is 4.81. The van der Waals surface area contributed by atoms with E-state index in [2.05, 4.69) is 24.7 Å². The molecule has 0 aliphatic heterocycles. The molecule has 15 heavy (non-hydrogen) atoms. The predicted molar refractivity (Wildman–Crippen MR) is 63.7 cm³/mol. The van der Waals surface area contributed by atoms with Gasteiger partial charge in [-0.2, -0.15) is 0 Å². The molecular weight excluding hydrogens is 188 g/mol. The number of methoxy groups -OCH3 is 1. The van der Waals surface area contributed by atoms with Crippen molar-refractivity contribution in [1.82, 2.24) is 0 Å². The van der Waals surface area contributed by atoms with Crippen LogP contribution in [0.15, 0.2) is 23.3 Å². The summed E-state index contributed by atoms with van der Waals surface area (Å²) in [6.45, 7) is 6.09.